The third-order valence-corrected chi connectivity index (χ3v) is 1.73. The number of nitrogens with zero attached hydrogens (tertiary/aromatic N) is 2. The predicted molar refractivity (Wildman–Crippen MR) is 53.4 cm³/mol. The number of anilines is 1. The molecule has 1 unspecified atom stereocenters. The molecule has 1 aromatic heterocycles. The lowest BCUT2D eigenvalue weighted by atomic mass is 10.3. The zero-order valence-electron chi connectivity index (χ0n) is 7.74. The van der Waals surface area contributed by atoms with Gasteiger partial charge in [-0.05, 0) is 18.5 Å². The summed E-state index contributed by atoms with van der Waals surface area (Å²) >= 11 is 5.63. The Balaban J connectivity index is 2.58. The van der Waals surface area contributed by atoms with E-state index in [2.05, 4.69) is 15.3 Å². The summed E-state index contributed by atoms with van der Waals surface area (Å²) in [5, 5.41) is 20.6. The van der Waals surface area contributed by atoms with Crippen LogP contribution in [0.15, 0.2) is 6.07 Å². The summed E-state index contributed by atoms with van der Waals surface area (Å²) in [4.78, 5) is 7.77. The summed E-state index contributed by atoms with van der Waals surface area (Å²) in [6, 6.07) is 1.70. The molecule has 0 bridgehead atoms. The van der Waals surface area contributed by atoms with Gasteiger partial charge in [0.05, 0.1) is 12.7 Å². The molecule has 6 heteroatoms. The summed E-state index contributed by atoms with van der Waals surface area (Å²) in [5.74, 6) is 0.537. The molecule has 1 atom stereocenters. The molecule has 0 saturated heterocycles. The third-order valence-electron chi connectivity index (χ3n) is 1.56. The number of aliphatic hydroxyl groups excluding tert-OH is 2. The van der Waals surface area contributed by atoms with Gasteiger partial charge in [-0.1, -0.05) is 0 Å². The molecule has 5 nitrogen and oxygen atoms in total. The van der Waals surface area contributed by atoms with E-state index in [0.29, 0.717) is 5.82 Å². The van der Waals surface area contributed by atoms with Crippen molar-refractivity contribution in [1.29, 1.82) is 0 Å². The van der Waals surface area contributed by atoms with Crippen LogP contribution in [0.4, 0.5) is 5.82 Å². The van der Waals surface area contributed by atoms with E-state index < -0.39 is 6.10 Å². The Labute approximate surface area is 86.8 Å². The standard InChI is InChI=1S/C8H12ClN3O2/c1-5-2-7(12-8(9)11-5)10-3-6(14)4-13/h2,6,13-14H,3-4H2,1H3,(H,10,11,12). The van der Waals surface area contributed by atoms with Crippen molar-refractivity contribution in [3.8, 4) is 0 Å². The average molecular weight is 218 g/mol. The zero-order chi connectivity index (χ0) is 10.6. The predicted octanol–water partition coefficient (Wildman–Crippen LogP) is 0.204. The van der Waals surface area contributed by atoms with Crippen LogP contribution in [0, 0.1) is 6.92 Å². The molecule has 0 aliphatic carbocycles. The Morgan fingerprint density at radius 2 is 2.29 bits per heavy atom. The van der Waals surface area contributed by atoms with Gasteiger partial charge in [0.15, 0.2) is 0 Å². The van der Waals surface area contributed by atoms with Crippen molar-refractivity contribution in [3.63, 3.8) is 0 Å². The van der Waals surface area contributed by atoms with E-state index in [0.717, 1.165) is 5.69 Å². The fraction of sp³-hybridized carbons (Fsp3) is 0.500. The van der Waals surface area contributed by atoms with Gasteiger partial charge in [0.2, 0.25) is 5.28 Å². The maximum atomic E-state index is 9.07. The normalized spacial score (nSPS) is 12.6. The number of hydrogen-bond donors (Lipinski definition) is 3. The number of aromatic nitrogens is 2. The largest absolute Gasteiger partial charge is 0.394 e. The quantitative estimate of drug-likeness (QED) is 0.629. The second-order valence-electron chi connectivity index (χ2n) is 2.88. The molecule has 0 spiro atoms. The molecule has 14 heavy (non-hydrogen) atoms. The molecule has 1 heterocycles. The molecule has 0 aliphatic rings. The highest BCUT2D eigenvalue weighted by atomic mass is 35.5. The van der Waals surface area contributed by atoms with Gasteiger partial charge in [-0.25, -0.2) is 9.97 Å². The Kier molecular flexibility index (Phi) is 4.06. The minimum atomic E-state index is -0.802. The van der Waals surface area contributed by atoms with Crippen molar-refractivity contribution in [2.45, 2.75) is 13.0 Å². The molecule has 1 rings (SSSR count). The van der Waals surface area contributed by atoms with Crippen LogP contribution >= 0.6 is 11.6 Å². The van der Waals surface area contributed by atoms with Crippen LogP contribution in [0.3, 0.4) is 0 Å². The first-order valence-electron chi connectivity index (χ1n) is 4.16. The van der Waals surface area contributed by atoms with Gasteiger partial charge < -0.3 is 15.5 Å². The fourth-order valence-corrected chi connectivity index (χ4v) is 1.13. The van der Waals surface area contributed by atoms with Crippen LogP contribution < -0.4 is 5.32 Å². The Bertz CT molecular complexity index is 288. The zero-order valence-corrected chi connectivity index (χ0v) is 8.49. The van der Waals surface area contributed by atoms with Crippen molar-refractivity contribution in [1.82, 2.24) is 9.97 Å². The lowest BCUT2D eigenvalue weighted by Crippen LogP contribution is -2.23. The molecule has 0 saturated carbocycles. The van der Waals surface area contributed by atoms with Crippen LogP contribution in [0.5, 0.6) is 0 Å². The molecule has 78 valence electrons. The molecule has 0 amide bonds. The van der Waals surface area contributed by atoms with E-state index in [1.807, 2.05) is 0 Å². The first-order chi connectivity index (χ1) is 6.61. The van der Waals surface area contributed by atoms with Gasteiger partial charge in [-0.2, -0.15) is 0 Å². The summed E-state index contributed by atoms with van der Waals surface area (Å²) in [6.45, 7) is 1.73. The number of halogens is 1. The lowest BCUT2D eigenvalue weighted by Gasteiger charge is -2.09. The van der Waals surface area contributed by atoms with E-state index in [1.165, 1.54) is 0 Å². The highest BCUT2D eigenvalue weighted by Crippen LogP contribution is 2.09. The van der Waals surface area contributed by atoms with Gasteiger partial charge in [0.25, 0.3) is 0 Å². The average Bonchev–Trinajstić information content (AvgIpc) is 2.12. The van der Waals surface area contributed by atoms with Crippen molar-refractivity contribution in [2.24, 2.45) is 0 Å². The number of aliphatic hydroxyl groups is 2. The maximum absolute atomic E-state index is 9.07. The minimum Gasteiger partial charge on any atom is -0.394 e. The van der Waals surface area contributed by atoms with Crippen LogP contribution in [-0.2, 0) is 0 Å². The second-order valence-corrected chi connectivity index (χ2v) is 3.22. The minimum absolute atomic E-state index is 0.158. The number of nitrogens with one attached hydrogen (secondary N) is 1. The van der Waals surface area contributed by atoms with Crippen LogP contribution in [-0.4, -0.2) is 39.4 Å². The van der Waals surface area contributed by atoms with Gasteiger partial charge in [0.1, 0.15) is 5.82 Å². The first-order valence-corrected chi connectivity index (χ1v) is 4.53. The van der Waals surface area contributed by atoms with E-state index in [1.54, 1.807) is 13.0 Å². The number of rotatable bonds is 4. The van der Waals surface area contributed by atoms with E-state index in [9.17, 15) is 0 Å². The van der Waals surface area contributed by atoms with E-state index in [-0.39, 0.29) is 18.4 Å². The molecular weight excluding hydrogens is 206 g/mol. The number of hydrogen-bond acceptors (Lipinski definition) is 5. The van der Waals surface area contributed by atoms with Crippen molar-refractivity contribution >= 4 is 17.4 Å². The number of aryl methyl sites for hydroxylation is 1. The maximum Gasteiger partial charge on any atom is 0.224 e. The van der Waals surface area contributed by atoms with E-state index >= 15 is 0 Å². The Morgan fingerprint density at radius 1 is 1.57 bits per heavy atom. The first kappa shape index (κ1) is 11.2. The molecule has 1 aromatic rings. The summed E-state index contributed by atoms with van der Waals surface area (Å²) < 4.78 is 0. The van der Waals surface area contributed by atoms with Crippen molar-refractivity contribution in [3.05, 3.63) is 17.0 Å². The monoisotopic (exact) mass is 217 g/mol. The van der Waals surface area contributed by atoms with Gasteiger partial charge >= 0.3 is 0 Å². The Hall–Kier alpha value is -0.910. The second kappa shape index (κ2) is 5.09. The highest BCUT2D eigenvalue weighted by Gasteiger charge is 2.03. The Morgan fingerprint density at radius 3 is 2.86 bits per heavy atom. The van der Waals surface area contributed by atoms with E-state index in [4.69, 9.17) is 21.8 Å². The molecule has 0 fully saturated rings. The lowest BCUT2D eigenvalue weighted by molar-refractivity contribution is 0.105. The summed E-state index contributed by atoms with van der Waals surface area (Å²) in [5.41, 5.74) is 0.742. The van der Waals surface area contributed by atoms with Crippen molar-refractivity contribution in [2.75, 3.05) is 18.5 Å². The van der Waals surface area contributed by atoms with Gasteiger partial charge in [0, 0.05) is 18.3 Å². The van der Waals surface area contributed by atoms with Crippen LogP contribution in [0.25, 0.3) is 0 Å². The SMILES string of the molecule is Cc1cc(NCC(O)CO)nc(Cl)n1. The van der Waals surface area contributed by atoms with Crippen molar-refractivity contribution < 1.29 is 10.2 Å². The molecule has 3 N–H and O–H groups in total. The van der Waals surface area contributed by atoms with Crippen LogP contribution in [0.1, 0.15) is 5.69 Å². The van der Waals surface area contributed by atoms with Gasteiger partial charge in [-0.3, -0.25) is 0 Å². The third kappa shape index (κ3) is 3.45. The molecule has 0 radical (unpaired) electrons. The summed E-state index contributed by atoms with van der Waals surface area (Å²) in [7, 11) is 0. The molecule has 0 aromatic carbocycles. The smallest absolute Gasteiger partial charge is 0.224 e. The molecule has 0 aliphatic heterocycles. The topological polar surface area (TPSA) is 78.3 Å². The van der Waals surface area contributed by atoms with Gasteiger partial charge in [-0.15, -0.1) is 0 Å². The van der Waals surface area contributed by atoms with Crippen LogP contribution in [0.2, 0.25) is 5.28 Å². The highest BCUT2D eigenvalue weighted by molar-refractivity contribution is 6.28. The summed E-state index contributed by atoms with van der Waals surface area (Å²) in [6.07, 6.45) is -0.802. The fourth-order valence-electron chi connectivity index (χ4n) is 0.910. The molecular formula is C8H12ClN3O2.